The van der Waals surface area contributed by atoms with Gasteiger partial charge in [0.15, 0.2) is 11.3 Å². The van der Waals surface area contributed by atoms with Crippen LogP contribution in [0.4, 0.5) is 5.69 Å². The lowest BCUT2D eigenvalue weighted by atomic mass is 10.2. The van der Waals surface area contributed by atoms with Crippen molar-refractivity contribution in [3.05, 3.63) is 70.4 Å². The number of aromatic amines is 1. The summed E-state index contributed by atoms with van der Waals surface area (Å²) in [5.41, 5.74) is 1.37. The van der Waals surface area contributed by atoms with E-state index in [1.165, 1.54) is 21.0 Å². The van der Waals surface area contributed by atoms with Crippen molar-refractivity contribution in [1.82, 2.24) is 19.6 Å². The van der Waals surface area contributed by atoms with Gasteiger partial charge in [-0.25, -0.2) is 17.9 Å². The van der Waals surface area contributed by atoms with E-state index in [0.717, 1.165) is 6.42 Å². The molecular weight excluding hydrogens is 506 g/mol. The minimum atomic E-state index is -4.05. The average Bonchev–Trinajstić information content (AvgIpc) is 3.20. The summed E-state index contributed by atoms with van der Waals surface area (Å²) < 4.78 is 36.4. The number of aliphatic hydroxyl groups excluding tert-OH is 1. The summed E-state index contributed by atoms with van der Waals surface area (Å²) in [5, 5.41) is 14.5. The predicted octanol–water partition coefficient (Wildman–Crippen LogP) is 3.71. The summed E-state index contributed by atoms with van der Waals surface area (Å²) >= 11 is 0. The van der Waals surface area contributed by atoms with Crippen LogP contribution in [0.15, 0.2) is 58.2 Å². The number of nitrogens with one attached hydrogen (secondary N) is 1. The summed E-state index contributed by atoms with van der Waals surface area (Å²) in [5.74, 6) is 1.22. The van der Waals surface area contributed by atoms with Gasteiger partial charge in [0.2, 0.25) is 0 Å². The molecule has 4 aromatic rings. The Kier molecular flexibility index (Phi) is 8.17. The van der Waals surface area contributed by atoms with Crippen molar-refractivity contribution in [3.63, 3.8) is 0 Å². The molecule has 2 N–H and O–H groups in total. The molecule has 38 heavy (non-hydrogen) atoms. The molecule has 2 heterocycles. The second-order valence-corrected chi connectivity index (χ2v) is 10.9. The third-order valence-electron chi connectivity index (χ3n) is 6.10. The number of sulfonamides is 1. The zero-order chi connectivity index (χ0) is 27.4. The van der Waals surface area contributed by atoms with Gasteiger partial charge in [-0.05, 0) is 63.9 Å². The molecule has 202 valence electrons. The van der Waals surface area contributed by atoms with E-state index in [1.54, 1.807) is 50.2 Å². The standard InChI is InChI=1S/C27H33N5O5S/c1-5-10-24-28-19(4)25-27(34)29-26(30-32(24)25)22-17-21(13-14-23(22)37-6-2)38(35,36)31(16-15-18(3)33)20-11-8-7-9-12-20/h7-9,11-14,17-18,33H,5-6,10,15-16H2,1-4H3,(H,29,30,34). The Morgan fingerprint density at radius 3 is 2.55 bits per heavy atom. The Hall–Kier alpha value is -3.70. The molecule has 0 aliphatic heterocycles. The maximum atomic E-state index is 13.9. The van der Waals surface area contributed by atoms with Crippen LogP contribution in [0.1, 0.15) is 45.1 Å². The molecule has 4 rings (SSSR count). The average molecular weight is 540 g/mol. The van der Waals surface area contributed by atoms with Gasteiger partial charge in [-0.15, -0.1) is 5.10 Å². The van der Waals surface area contributed by atoms with Gasteiger partial charge in [0, 0.05) is 13.0 Å². The molecule has 0 saturated heterocycles. The topological polar surface area (TPSA) is 130 Å². The number of fused-ring (bicyclic) bond motifs is 1. The van der Waals surface area contributed by atoms with Crippen LogP contribution in [0.5, 0.6) is 5.75 Å². The van der Waals surface area contributed by atoms with E-state index in [2.05, 4.69) is 15.1 Å². The van der Waals surface area contributed by atoms with Crippen LogP contribution in [0.3, 0.4) is 0 Å². The Balaban J connectivity index is 1.89. The Morgan fingerprint density at radius 1 is 1.16 bits per heavy atom. The first-order chi connectivity index (χ1) is 18.2. The number of imidazole rings is 1. The summed E-state index contributed by atoms with van der Waals surface area (Å²) in [6.07, 6.45) is 1.03. The molecule has 11 heteroatoms. The smallest absolute Gasteiger partial charge is 0.277 e. The molecule has 2 aromatic heterocycles. The first kappa shape index (κ1) is 27.3. The Morgan fingerprint density at radius 2 is 1.89 bits per heavy atom. The van der Waals surface area contributed by atoms with Crippen LogP contribution >= 0.6 is 0 Å². The van der Waals surface area contributed by atoms with Crippen molar-refractivity contribution < 1.29 is 18.3 Å². The molecule has 0 aliphatic rings. The minimum Gasteiger partial charge on any atom is -0.493 e. The number of nitrogens with zero attached hydrogens (tertiary/aromatic N) is 4. The van der Waals surface area contributed by atoms with Gasteiger partial charge < -0.3 is 14.8 Å². The van der Waals surface area contributed by atoms with Gasteiger partial charge in [-0.1, -0.05) is 25.1 Å². The predicted molar refractivity (Wildman–Crippen MR) is 146 cm³/mol. The van der Waals surface area contributed by atoms with E-state index >= 15 is 0 Å². The monoisotopic (exact) mass is 539 g/mol. The molecular formula is C27H33N5O5S. The fourth-order valence-electron chi connectivity index (χ4n) is 4.29. The zero-order valence-corrected chi connectivity index (χ0v) is 22.8. The lowest BCUT2D eigenvalue weighted by Gasteiger charge is -2.25. The fraction of sp³-hybridized carbons (Fsp3) is 0.370. The summed E-state index contributed by atoms with van der Waals surface area (Å²) in [6, 6.07) is 13.2. The van der Waals surface area contributed by atoms with E-state index < -0.39 is 16.1 Å². The van der Waals surface area contributed by atoms with Crippen molar-refractivity contribution in [2.45, 2.75) is 58.0 Å². The van der Waals surface area contributed by atoms with Gasteiger partial charge in [0.1, 0.15) is 11.6 Å². The number of aryl methyl sites for hydroxylation is 2. The van der Waals surface area contributed by atoms with Gasteiger partial charge in [0.05, 0.1) is 34.6 Å². The lowest BCUT2D eigenvalue weighted by molar-refractivity contribution is 0.187. The maximum Gasteiger partial charge on any atom is 0.277 e. The lowest BCUT2D eigenvalue weighted by Crippen LogP contribution is -2.33. The van der Waals surface area contributed by atoms with Crippen molar-refractivity contribution >= 4 is 21.2 Å². The van der Waals surface area contributed by atoms with Crippen molar-refractivity contribution in [3.8, 4) is 17.1 Å². The summed E-state index contributed by atoms with van der Waals surface area (Å²) in [4.78, 5) is 20.4. The SMILES string of the molecule is CCCc1nc(C)c2c(=O)[nH]c(-c3cc(S(=O)(=O)N(CCC(C)O)c4ccccc4)ccc3OCC)nn12. The molecule has 0 saturated carbocycles. The third-order valence-corrected chi connectivity index (χ3v) is 7.93. The normalized spacial score (nSPS) is 12.6. The number of hydrogen-bond donors (Lipinski definition) is 2. The Bertz CT molecular complexity index is 1580. The minimum absolute atomic E-state index is 0.00346. The molecule has 0 aliphatic carbocycles. The van der Waals surface area contributed by atoms with Crippen LogP contribution in [-0.4, -0.2) is 52.4 Å². The highest BCUT2D eigenvalue weighted by Crippen LogP contribution is 2.33. The zero-order valence-electron chi connectivity index (χ0n) is 22.0. The number of aliphatic hydroxyl groups is 1. The molecule has 0 bridgehead atoms. The van der Waals surface area contributed by atoms with E-state index in [1.807, 2.05) is 13.8 Å². The van der Waals surface area contributed by atoms with E-state index in [4.69, 9.17) is 4.74 Å². The van der Waals surface area contributed by atoms with Crippen LogP contribution < -0.4 is 14.6 Å². The highest BCUT2D eigenvalue weighted by Gasteiger charge is 2.27. The molecule has 1 atom stereocenters. The van der Waals surface area contributed by atoms with Crippen LogP contribution in [-0.2, 0) is 16.4 Å². The van der Waals surface area contributed by atoms with Gasteiger partial charge in [-0.3, -0.25) is 9.10 Å². The van der Waals surface area contributed by atoms with Gasteiger partial charge >= 0.3 is 0 Å². The first-order valence-corrected chi connectivity index (χ1v) is 14.1. The van der Waals surface area contributed by atoms with E-state index in [0.29, 0.717) is 47.1 Å². The third kappa shape index (κ3) is 5.44. The molecule has 0 fully saturated rings. The second-order valence-electron chi connectivity index (χ2n) is 9.07. The number of anilines is 1. The van der Waals surface area contributed by atoms with E-state index in [9.17, 15) is 18.3 Å². The highest BCUT2D eigenvalue weighted by atomic mass is 32.2. The summed E-state index contributed by atoms with van der Waals surface area (Å²) in [6.45, 7) is 7.63. The number of para-hydroxylation sites is 1. The molecule has 1 unspecified atom stereocenters. The number of benzene rings is 2. The molecule has 2 aromatic carbocycles. The maximum absolute atomic E-state index is 13.9. The van der Waals surface area contributed by atoms with Gasteiger partial charge in [0.25, 0.3) is 15.6 Å². The molecule has 0 amide bonds. The number of ether oxygens (including phenoxy) is 1. The Labute approximate surface area is 222 Å². The highest BCUT2D eigenvalue weighted by molar-refractivity contribution is 7.92. The quantitative estimate of drug-likeness (QED) is 0.297. The number of H-pyrrole nitrogens is 1. The fourth-order valence-corrected chi connectivity index (χ4v) is 5.80. The van der Waals surface area contributed by atoms with Gasteiger partial charge in [-0.2, -0.15) is 0 Å². The van der Waals surface area contributed by atoms with Crippen molar-refractivity contribution in [2.24, 2.45) is 0 Å². The van der Waals surface area contributed by atoms with Crippen LogP contribution in [0, 0.1) is 6.92 Å². The molecule has 0 radical (unpaired) electrons. The number of aromatic nitrogens is 4. The van der Waals surface area contributed by atoms with Crippen LogP contribution in [0.2, 0.25) is 0 Å². The first-order valence-electron chi connectivity index (χ1n) is 12.7. The second kappa shape index (κ2) is 11.4. The summed E-state index contributed by atoms with van der Waals surface area (Å²) in [7, 11) is -4.05. The largest absolute Gasteiger partial charge is 0.493 e. The van der Waals surface area contributed by atoms with Crippen molar-refractivity contribution in [1.29, 1.82) is 0 Å². The van der Waals surface area contributed by atoms with Crippen molar-refractivity contribution in [2.75, 3.05) is 17.5 Å². The number of rotatable bonds is 11. The number of hydrogen-bond acceptors (Lipinski definition) is 7. The molecule has 0 spiro atoms. The van der Waals surface area contributed by atoms with Crippen LogP contribution in [0.25, 0.3) is 16.9 Å². The molecule has 10 nitrogen and oxygen atoms in total. The van der Waals surface area contributed by atoms with E-state index in [-0.39, 0.29) is 29.2 Å².